The van der Waals surface area contributed by atoms with Crippen LogP contribution in [0.25, 0.3) is 5.69 Å². The predicted octanol–water partition coefficient (Wildman–Crippen LogP) is 3.35. The molecule has 0 aliphatic heterocycles. The van der Waals surface area contributed by atoms with Crippen LogP contribution in [0.1, 0.15) is 27.9 Å². The van der Waals surface area contributed by atoms with Gasteiger partial charge in [0.15, 0.2) is 0 Å². The van der Waals surface area contributed by atoms with Gasteiger partial charge in [-0.2, -0.15) is 0 Å². The van der Waals surface area contributed by atoms with E-state index in [1.54, 1.807) is 55.5 Å². The van der Waals surface area contributed by atoms with Gasteiger partial charge in [-0.1, -0.05) is 11.6 Å². The fourth-order valence-corrected chi connectivity index (χ4v) is 2.30. The highest BCUT2D eigenvalue weighted by molar-refractivity contribution is 6.30. The lowest BCUT2D eigenvalue weighted by Gasteiger charge is -2.05. The Morgan fingerprint density at radius 2 is 1.81 bits per heavy atom. The van der Waals surface area contributed by atoms with Crippen molar-refractivity contribution in [2.24, 2.45) is 0 Å². The molecule has 3 rings (SSSR count). The van der Waals surface area contributed by atoms with Crippen LogP contribution in [0.3, 0.4) is 0 Å². The first-order chi connectivity index (χ1) is 12.6. The van der Waals surface area contributed by atoms with Crippen LogP contribution < -0.4 is 5.32 Å². The second-order valence-electron chi connectivity index (χ2n) is 5.24. The second kappa shape index (κ2) is 7.79. The minimum absolute atomic E-state index is 0.0226. The number of amides is 1. The van der Waals surface area contributed by atoms with E-state index in [1.807, 2.05) is 0 Å². The van der Waals surface area contributed by atoms with Gasteiger partial charge in [-0.25, -0.2) is 14.5 Å². The zero-order valence-corrected chi connectivity index (χ0v) is 14.6. The van der Waals surface area contributed by atoms with Crippen LogP contribution in [0.5, 0.6) is 0 Å². The molecule has 0 bridgehead atoms. The van der Waals surface area contributed by atoms with E-state index in [0.717, 1.165) is 5.69 Å². The summed E-state index contributed by atoms with van der Waals surface area (Å²) in [5.41, 5.74) is 1.67. The number of halogens is 1. The lowest BCUT2D eigenvalue weighted by Crippen LogP contribution is -2.14. The number of ether oxygens (including phenoxy) is 1. The number of esters is 1. The van der Waals surface area contributed by atoms with Crippen LogP contribution >= 0.6 is 11.6 Å². The smallest absolute Gasteiger partial charge is 0.338 e. The summed E-state index contributed by atoms with van der Waals surface area (Å²) in [5, 5.41) is 7.44. The topological polar surface area (TPSA) is 86.1 Å². The molecule has 8 heteroatoms. The van der Waals surface area contributed by atoms with Crippen LogP contribution in [0.4, 0.5) is 5.69 Å². The largest absolute Gasteiger partial charge is 0.462 e. The summed E-state index contributed by atoms with van der Waals surface area (Å²) >= 11 is 5.85. The molecule has 0 spiro atoms. The number of carbonyl (C=O) groups excluding carboxylic acids is 2. The van der Waals surface area contributed by atoms with Crippen LogP contribution in [-0.4, -0.2) is 33.2 Å². The lowest BCUT2D eigenvalue weighted by molar-refractivity contribution is 0.0526. The molecule has 0 atom stereocenters. The molecule has 0 saturated carbocycles. The van der Waals surface area contributed by atoms with E-state index >= 15 is 0 Å². The third kappa shape index (κ3) is 4.07. The monoisotopic (exact) mass is 370 g/mol. The van der Waals surface area contributed by atoms with Gasteiger partial charge >= 0.3 is 5.97 Å². The van der Waals surface area contributed by atoms with Gasteiger partial charge in [0.05, 0.1) is 17.9 Å². The molecule has 0 fully saturated rings. The number of nitrogens with one attached hydrogen (secondary N) is 1. The molecule has 1 N–H and O–H groups in total. The number of nitrogens with zero attached hydrogens (tertiary/aromatic N) is 3. The molecular formula is C18H15ClN4O3. The van der Waals surface area contributed by atoms with E-state index in [4.69, 9.17) is 16.3 Å². The Balaban J connectivity index is 1.68. The highest BCUT2D eigenvalue weighted by Gasteiger charge is 2.13. The fraction of sp³-hybridized carbons (Fsp3) is 0.111. The molecule has 0 radical (unpaired) electrons. The first-order valence-corrected chi connectivity index (χ1v) is 8.21. The number of rotatable bonds is 5. The van der Waals surface area contributed by atoms with Gasteiger partial charge in [0.2, 0.25) is 5.82 Å². The maximum atomic E-state index is 12.3. The Hall–Kier alpha value is -3.19. The van der Waals surface area contributed by atoms with Gasteiger partial charge in [-0.15, -0.1) is 5.10 Å². The number of benzene rings is 2. The maximum Gasteiger partial charge on any atom is 0.338 e. The van der Waals surface area contributed by atoms with Crippen molar-refractivity contribution >= 4 is 29.2 Å². The standard InChI is InChI=1S/C18H15ClN4O3/c1-2-26-18(25)12-3-7-14(8-4-12)21-17(24)16-20-11-23(22-16)15-9-5-13(19)6-10-15/h3-11H,2H2,1H3,(H,21,24). The summed E-state index contributed by atoms with van der Waals surface area (Å²) in [4.78, 5) is 27.9. The minimum Gasteiger partial charge on any atom is -0.462 e. The SMILES string of the molecule is CCOC(=O)c1ccc(NC(=O)c2ncn(-c3ccc(Cl)cc3)n2)cc1. The molecule has 1 aromatic heterocycles. The molecule has 0 aliphatic carbocycles. The summed E-state index contributed by atoms with van der Waals surface area (Å²) in [7, 11) is 0. The highest BCUT2D eigenvalue weighted by atomic mass is 35.5. The highest BCUT2D eigenvalue weighted by Crippen LogP contribution is 2.14. The van der Waals surface area contributed by atoms with Gasteiger partial charge in [-0.05, 0) is 55.5 Å². The van der Waals surface area contributed by atoms with Crippen molar-refractivity contribution in [1.29, 1.82) is 0 Å². The van der Waals surface area contributed by atoms with E-state index in [1.165, 1.54) is 11.0 Å². The summed E-state index contributed by atoms with van der Waals surface area (Å²) in [6.45, 7) is 2.04. The molecule has 7 nitrogen and oxygen atoms in total. The molecule has 26 heavy (non-hydrogen) atoms. The Labute approximate surface area is 154 Å². The number of carbonyl (C=O) groups is 2. The van der Waals surface area contributed by atoms with Gasteiger partial charge in [0, 0.05) is 10.7 Å². The van der Waals surface area contributed by atoms with Crippen molar-refractivity contribution in [2.45, 2.75) is 6.92 Å². The quantitative estimate of drug-likeness (QED) is 0.696. The number of aromatic nitrogens is 3. The zero-order valence-electron chi connectivity index (χ0n) is 13.8. The van der Waals surface area contributed by atoms with Crippen LogP contribution in [-0.2, 0) is 4.74 Å². The van der Waals surface area contributed by atoms with E-state index in [2.05, 4.69) is 15.4 Å². The van der Waals surface area contributed by atoms with Crippen molar-refractivity contribution in [3.8, 4) is 5.69 Å². The van der Waals surface area contributed by atoms with Crippen LogP contribution in [0.2, 0.25) is 5.02 Å². The molecule has 2 aromatic carbocycles. The predicted molar refractivity (Wildman–Crippen MR) is 96.7 cm³/mol. The van der Waals surface area contributed by atoms with E-state index in [9.17, 15) is 9.59 Å². The Morgan fingerprint density at radius 1 is 1.12 bits per heavy atom. The molecule has 0 unspecified atom stereocenters. The summed E-state index contributed by atoms with van der Waals surface area (Å²) in [6, 6.07) is 13.4. The van der Waals surface area contributed by atoms with Gasteiger partial charge in [0.25, 0.3) is 5.91 Å². The molecule has 1 heterocycles. The zero-order chi connectivity index (χ0) is 18.5. The third-order valence-electron chi connectivity index (χ3n) is 3.44. The third-order valence-corrected chi connectivity index (χ3v) is 3.69. The fourth-order valence-electron chi connectivity index (χ4n) is 2.18. The molecule has 1 amide bonds. The minimum atomic E-state index is -0.457. The van der Waals surface area contributed by atoms with Gasteiger partial charge in [0.1, 0.15) is 6.33 Å². The van der Waals surface area contributed by atoms with Crippen LogP contribution in [0.15, 0.2) is 54.9 Å². The summed E-state index contributed by atoms with van der Waals surface area (Å²) < 4.78 is 6.39. The lowest BCUT2D eigenvalue weighted by atomic mass is 10.2. The van der Waals surface area contributed by atoms with Crippen molar-refractivity contribution in [3.63, 3.8) is 0 Å². The van der Waals surface area contributed by atoms with Crippen molar-refractivity contribution in [3.05, 3.63) is 71.3 Å². The summed E-state index contributed by atoms with van der Waals surface area (Å²) in [5.74, 6) is -0.843. The van der Waals surface area contributed by atoms with Crippen molar-refractivity contribution < 1.29 is 14.3 Å². The Bertz CT molecular complexity index is 920. The second-order valence-corrected chi connectivity index (χ2v) is 5.68. The number of hydrogen-bond acceptors (Lipinski definition) is 5. The number of anilines is 1. The molecular weight excluding hydrogens is 356 g/mol. The molecule has 0 saturated heterocycles. The molecule has 3 aromatic rings. The van der Waals surface area contributed by atoms with E-state index < -0.39 is 11.9 Å². The maximum absolute atomic E-state index is 12.3. The normalized spacial score (nSPS) is 10.4. The molecule has 0 aliphatic rings. The Morgan fingerprint density at radius 3 is 2.46 bits per heavy atom. The van der Waals surface area contributed by atoms with E-state index in [-0.39, 0.29) is 5.82 Å². The Kier molecular flexibility index (Phi) is 5.28. The number of hydrogen-bond donors (Lipinski definition) is 1. The average molecular weight is 371 g/mol. The summed E-state index contributed by atoms with van der Waals surface area (Å²) in [6.07, 6.45) is 1.45. The first-order valence-electron chi connectivity index (χ1n) is 7.83. The van der Waals surface area contributed by atoms with E-state index in [0.29, 0.717) is 22.9 Å². The van der Waals surface area contributed by atoms with Gasteiger partial charge in [-0.3, -0.25) is 4.79 Å². The average Bonchev–Trinajstić information content (AvgIpc) is 3.13. The van der Waals surface area contributed by atoms with Crippen molar-refractivity contribution in [1.82, 2.24) is 14.8 Å². The van der Waals surface area contributed by atoms with Crippen molar-refractivity contribution in [2.75, 3.05) is 11.9 Å². The molecule has 132 valence electrons. The van der Waals surface area contributed by atoms with Crippen LogP contribution in [0, 0.1) is 0 Å². The first kappa shape index (κ1) is 17.6. The van der Waals surface area contributed by atoms with Gasteiger partial charge < -0.3 is 10.1 Å².